The summed E-state index contributed by atoms with van der Waals surface area (Å²) in [6, 6.07) is 5.45. The van der Waals surface area contributed by atoms with Gasteiger partial charge in [0.05, 0.1) is 0 Å². The van der Waals surface area contributed by atoms with Gasteiger partial charge in [0.25, 0.3) is 5.91 Å². The molecule has 0 aliphatic carbocycles. The molecule has 0 saturated carbocycles. The molecule has 0 saturated heterocycles. The number of aromatic nitrogens is 4. The maximum atomic E-state index is 11.9. The number of rotatable bonds is 4. The van der Waals surface area contributed by atoms with Gasteiger partial charge >= 0.3 is 0 Å². The molecule has 0 radical (unpaired) electrons. The average molecular weight is 261 g/mol. The number of aromatic amines is 1. The van der Waals surface area contributed by atoms with Gasteiger partial charge in [-0.25, -0.2) is 0 Å². The molecular weight excluding hydrogens is 246 g/mol. The molecule has 7 nitrogen and oxygen atoms in total. The lowest BCUT2D eigenvalue weighted by atomic mass is 10.1. The second kappa shape index (κ2) is 5.15. The van der Waals surface area contributed by atoms with Gasteiger partial charge in [-0.1, -0.05) is 6.07 Å². The molecule has 0 atom stereocenters. The molecule has 0 spiro atoms. The summed E-state index contributed by atoms with van der Waals surface area (Å²) >= 11 is 0. The molecule has 7 heteroatoms. The molecule has 100 valence electrons. The van der Waals surface area contributed by atoms with E-state index in [9.17, 15) is 4.79 Å². The summed E-state index contributed by atoms with van der Waals surface area (Å²) in [5.41, 5.74) is -0.285. The standard InChI is InChI=1S/C12H15N5O2/c1-12(2,19-3)10(18)15-11-14-9(16-17-11)8-6-4-5-7-13-8/h4-7H,1-3H3,(H2,14,15,16,17,18). The van der Waals surface area contributed by atoms with Gasteiger partial charge in [-0.05, 0) is 26.0 Å². The van der Waals surface area contributed by atoms with Gasteiger partial charge < -0.3 is 4.74 Å². The van der Waals surface area contributed by atoms with Crippen LogP contribution in [-0.4, -0.2) is 38.8 Å². The normalized spacial score (nSPS) is 11.3. The first kappa shape index (κ1) is 13.2. The summed E-state index contributed by atoms with van der Waals surface area (Å²) in [6.45, 7) is 3.32. The van der Waals surface area contributed by atoms with Crippen molar-refractivity contribution in [2.75, 3.05) is 12.4 Å². The quantitative estimate of drug-likeness (QED) is 0.863. The van der Waals surface area contributed by atoms with E-state index in [-0.39, 0.29) is 11.9 Å². The molecule has 0 aliphatic rings. The summed E-state index contributed by atoms with van der Waals surface area (Å²) < 4.78 is 5.07. The van der Waals surface area contributed by atoms with Crippen molar-refractivity contribution < 1.29 is 9.53 Å². The number of carbonyl (C=O) groups excluding carboxylic acids is 1. The molecule has 1 amide bonds. The van der Waals surface area contributed by atoms with Crippen molar-refractivity contribution >= 4 is 11.9 Å². The zero-order chi connectivity index (χ0) is 13.9. The minimum absolute atomic E-state index is 0.191. The molecule has 0 fully saturated rings. The predicted octanol–water partition coefficient (Wildman–Crippen LogP) is 1.23. The Morgan fingerprint density at radius 2 is 2.21 bits per heavy atom. The van der Waals surface area contributed by atoms with Gasteiger partial charge in [0.15, 0.2) is 5.82 Å². The van der Waals surface area contributed by atoms with Crippen molar-refractivity contribution in [3.05, 3.63) is 24.4 Å². The monoisotopic (exact) mass is 261 g/mol. The molecule has 19 heavy (non-hydrogen) atoms. The predicted molar refractivity (Wildman–Crippen MR) is 69.3 cm³/mol. The Balaban J connectivity index is 2.13. The number of hydrogen-bond donors (Lipinski definition) is 2. The molecule has 0 bridgehead atoms. The number of carbonyl (C=O) groups is 1. The van der Waals surface area contributed by atoms with E-state index in [1.165, 1.54) is 7.11 Å². The molecule has 0 aliphatic heterocycles. The minimum Gasteiger partial charge on any atom is -0.369 e. The van der Waals surface area contributed by atoms with Crippen LogP contribution in [-0.2, 0) is 9.53 Å². The summed E-state index contributed by atoms with van der Waals surface area (Å²) in [4.78, 5) is 20.2. The number of amides is 1. The van der Waals surface area contributed by atoms with Gasteiger partial charge in [0.2, 0.25) is 5.95 Å². The van der Waals surface area contributed by atoms with E-state index in [1.54, 1.807) is 26.1 Å². The molecular formula is C12H15N5O2. The van der Waals surface area contributed by atoms with Crippen molar-refractivity contribution in [2.24, 2.45) is 0 Å². The summed E-state index contributed by atoms with van der Waals surface area (Å²) in [5.74, 6) is 0.364. The number of pyridine rings is 1. The molecule has 2 aromatic rings. The van der Waals surface area contributed by atoms with Crippen LogP contribution in [0.1, 0.15) is 13.8 Å². The average Bonchev–Trinajstić information content (AvgIpc) is 2.88. The Kier molecular flexibility index (Phi) is 3.57. The number of ether oxygens (including phenoxy) is 1. The largest absolute Gasteiger partial charge is 0.369 e. The third-order valence-electron chi connectivity index (χ3n) is 2.68. The number of nitrogens with zero attached hydrogens (tertiary/aromatic N) is 3. The number of H-pyrrole nitrogens is 1. The van der Waals surface area contributed by atoms with Gasteiger partial charge in [-0.2, -0.15) is 4.98 Å². The number of methoxy groups -OCH3 is 1. The Morgan fingerprint density at radius 1 is 1.42 bits per heavy atom. The van der Waals surface area contributed by atoms with Crippen LogP contribution >= 0.6 is 0 Å². The van der Waals surface area contributed by atoms with Crippen molar-refractivity contribution in [3.63, 3.8) is 0 Å². The van der Waals surface area contributed by atoms with E-state index in [2.05, 4.69) is 25.5 Å². The van der Waals surface area contributed by atoms with Crippen molar-refractivity contribution in [3.8, 4) is 11.5 Å². The van der Waals surface area contributed by atoms with Crippen LogP contribution in [0.3, 0.4) is 0 Å². The Bertz CT molecular complexity index is 565. The third-order valence-corrected chi connectivity index (χ3v) is 2.68. The fourth-order valence-electron chi connectivity index (χ4n) is 1.28. The van der Waals surface area contributed by atoms with Crippen LogP contribution < -0.4 is 5.32 Å². The number of hydrogen-bond acceptors (Lipinski definition) is 5. The fourth-order valence-corrected chi connectivity index (χ4v) is 1.28. The van der Waals surface area contributed by atoms with Gasteiger partial charge in [0.1, 0.15) is 11.3 Å². The van der Waals surface area contributed by atoms with E-state index in [0.717, 1.165) is 0 Å². The van der Waals surface area contributed by atoms with E-state index >= 15 is 0 Å². The lowest BCUT2D eigenvalue weighted by Crippen LogP contribution is -2.39. The second-order valence-electron chi connectivity index (χ2n) is 4.39. The smallest absolute Gasteiger partial charge is 0.258 e. The van der Waals surface area contributed by atoms with Crippen LogP contribution in [0.15, 0.2) is 24.4 Å². The zero-order valence-electron chi connectivity index (χ0n) is 11.0. The fraction of sp³-hybridized carbons (Fsp3) is 0.333. The molecule has 0 unspecified atom stereocenters. The van der Waals surface area contributed by atoms with Crippen LogP contribution in [0.2, 0.25) is 0 Å². The summed E-state index contributed by atoms with van der Waals surface area (Å²) in [6.07, 6.45) is 1.66. The second-order valence-corrected chi connectivity index (χ2v) is 4.39. The minimum atomic E-state index is -0.939. The summed E-state index contributed by atoms with van der Waals surface area (Å²) in [7, 11) is 1.47. The highest BCUT2D eigenvalue weighted by molar-refractivity contribution is 5.95. The Labute approximate surface area is 110 Å². The lowest BCUT2D eigenvalue weighted by molar-refractivity contribution is -0.133. The number of nitrogens with one attached hydrogen (secondary N) is 2. The van der Waals surface area contributed by atoms with Crippen LogP contribution in [0.25, 0.3) is 11.5 Å². The maximum absolute atomic E-state index is 11.9. The third kappa shape index (κ3) is 2.94. The molecule has 0 aromatic carbocycles. The van der Waals surface area contributed by atoms with Crippen LogP contribution in [0, 0.1) is 0 Å². The lowest BCUT2D eigenvalue weighted by Gasteiger charge is -2.20. The first-order valence-corrected chi connectivity index (χ1v) is 5.73. The number of anilines is 1. The first-order valence-electron chi connectivity index (χ1n) is 5.73. The van der Waals surface area contributed by atoms with Crippen molar-refractivity contribution in [1.29, 1.82) is 0 Å². The highest BCUT2D eigenvalue weighted by Crippen LogP contribution is 2.14. The van der Waals surface area contributed by atoms with Gasteiger partial charge in [-0.15, -0.1) is 5.10 Å². The summed E-state index contributed by atoms with van der Waals surface area (Å²) in [5, 5.41) is 9.21. The van der Waals surface area contributed by atoms with E-state index in [1.807, 2.05) is 12.1 Å². The van der Waals surface area contributed by atoms with Gasteiger partial charge in [-0.3, -0.25) is 20.2 Å². The van der Waals surface area contributed by atoms with E-state index in [0.29, 0.717) is 11.5 Å². The van der Waals surface area contributed by atoms with Gasteiger partial charge in [0, 0.05) is 13.3 Å². The Morgan fingerprint density at radius 3 is 2.84 bits per heavy atom. The SMILES string of the molecule is COC(C)(C)C(=O)Nc1n[nH]c(-c2ccccn2)n1. The van der Waals surface area contributed by atoms with Crippen molar-refractivity contribution in [2.45, 2.75) is 19.4 Å². The van der Waals surface area contributed by atoms with E-state index < -0.39 is 5.60 Å². The highest BCUT2D eigenvalue weighted by atomic mass is 16.5. The Hall–Kier alpha value is -2.28. The van der Waals surface area contributed by atoms with E-state index in [4.69, 9.17) is 4.74 Å². The highest BCUT2D eigenvalue weighted by Gasteiger charge is 2.28. The maximum Gasteiger partial charge on any atom is 0.258 e. The van der Waals surface area contributed by atoms with Crippen LogP contribution in [0.5, 0.6) is 0 Å². The molecule has 2 rings (SSSR count). The molecule has 2 heterocycles. The molecule has 2 aromatic heterocycles. The van der Waals surface area contributed by atoms with Crippen LogP contribution in [0.4, 0.5) is 5.95 Å². The first-order chi connectivity index (χ1) is 9.03. The zero-order valence-corrected chi connectivity index (χ0v) is 11.0. The topological polar surface area (TPSA) is 92.8 Å². The van der Waals surface area contributed by atoms with Crippen molar-refractivity contribution in [1.82, 2.24) is 20.2 Å². The molecule has 2 N–H and O–H groups in total.